The monoisotopic (exact) mass is 419 g/mol. The number of aliphatic carboxylic acids is 1. The Morgan fingerprint density at radius 2 is 2.04 bits per heavy atom. The first-order valence-corrected chi connectivity index (χ1v) is 9.85. The first kappa shape index (κ1) is 20.3. The molecule has 0 unspecified atom stereocenters. The molecule has 8 heteroatoms. The largest absolute Gasteiger partial charge is 0.480 e. The molecule has 0 spiro atoms. The maximum Gasteiger partial charge on any atom is 0.326 e. The fourth-order valence-electron chi connectivity index (χ4n) is 2.88. The van der Waals surface area contributed by atoms with E-state index >= 15 is 0 Å². The molecule has 146 valence electrons. The van der Waals surface area contributed by atoms with Crippen molar-refractivity contribution in [2.45, 2.75) is 26.3 Å². The number of carboxylic acids is 1. The Labute approximate surface area is 171 Å². The minimum absolute atomic E-state index is 0.0862. The van der Waals surface area contributed by atoms with Gasteiger partial charge in [-0.2, -0.15) is 0 Å². The highest BCUT2D eigenvalue weighted by atomic mass is 32.2. The predicted octanol–water partition coefficient (Wildman–Crippen LogP) is 4.79. The molecule has 0 saturated carbocycles. The summed E-state index contributed by atoms with van der Waals surface area (Å²) in [7, 11) is 0. The van der Waals surface area contributed by atoms with Gasteiger partial charge < -0.3 is 9.52 Å². The number of nitrogens with zero attached hydrogens (tertiary/aromatic N) is 1. The molecule has 1 saturated heterocycles. The van der Waals surface area contributed by atoms with Gasteiger partial charge in [0.25, 0.3) is 5.91 Å². The van der Waals surface area contributed by atoms with E-state index in [1.165, 1.54) is 12.1 Å². The summed E-state index contributed by atoms with van der Waals surface area (Å²) in [6.45, 7) is 3.77. The molecule has 3 rings (SSSR count). The van der Waals surface area contributed by atoms with Crippen LogP contribution in [0, 0.1) is 11.7 Å². The van der Waals surface area contributed by atoms with E-state index in [2.05, 4.69) is 0 Å². The van der Waals surface area contributed by atoms with Gasteiger partial charge >= 0.3 is 5.97 Å². The lowest BCUT2D eigenvalue weighted by molar-refractivity contribution is -0.145. The van der Waals surface area contributed by atoms with E-state index in [4.69, 9.17) is 16.6 Å². The van der Waals surface area contributed by atoms with Crippen LogP contribution in [0.15, 0.2) is 45.7 Å². The van der Waals surface area contributed by atoms with E-state index in [0.29, 0.717) is 23.5 Å². The predicted molar refractivity (Wildman–Crippen MR) is 110 cm³/mol. The van der Waals surface area contributed by atoms with Gasteiger partial charge in [-0.1, -0.05) is 50.0 Å². The second kappa shape index (κ2) is 8.28. The van der Waals surface area contributed by atoms with Gasteiger partial charge in [0, 0.05) is 6.08 Å². The van der Waals surface area contributed by atoms with Crippen molar-refractivity contribution >= 4 is 46.3 Å². The molecule has 0 bridgehead atoms. The summed E-state index contributed by atoms with van der Waals surface area (Å²) in [6.07, 6.45) is 1.80. The molecule has 1 N–H and O–H groups in total. The summed E-state index contributed by atoms with van der Waals surface area (Å²) in [5.74, 6) is -1.19. The quantitative estimate of drug-likeness (QED) is 0.536. The highest BCUT2D eigenvalue weighted by Gasteiger charge is 2.40. The summed E-state index contributed by atoms with van der Waals surface area (Å²) in [6, 6.07) is 8.45. The number of thiocarbonyl (C=S) groups is 1. The van der Waals surface area contributed by atoms with Crippen molar-refractivity contribution in [3.8, 4) is 11.3 Å². The van der Waals surface area contributed by atoms with Crippen molar-refractivity contribution in [3.63, 3.8) is 0 Å². The third kappa shape index (κ3) is 4.18. The SMILES string of the molecule is CC(C)C[C@@H](C(=O)O)N1C(=O)/C(=C/c2ccc(-c3ccccc3F)o2)SC1=S. The molecule has 1 aromatic heterocycles. The number of halogens is 1. The molecule has 2 heterocycles. The van der Waals surface area contributed by atoms with Crippen LogP contribution in [0.2, 0.25) is 0 Å². The number of benzene rings is 1. The molecule has 0 radical (unpaired) electrons. The van der Waals surface area contributed by atoms with Crippen LogP contribution in [0.5, 0.6) is 0 Å². The Morgan fingerprint density at radius 1 is 1.32 bits per heavy atom. The zero-order valence-corrected chi connectivity index (χ0v) is 16.8. The van der Waals surface area contributed by atoms with Crippen LogP contribution in [0.25, 0.3) is 17.4 Å². The topological polar surface area (TPSA) is 70.8 Å². The van der Waals surface area contributed by atoms with E-state index in [0.717, 1.165) is 16.7 Å². The van der Waals surface area contributed by atoms with Crippen LogP contribution < -0.4 is 0 Å². The Morgan fingerprint density at radius 3 is 2.68 bits per heavy atom. The molecule has 28 heavy (non-hydrogen) atoms. The maximum absolute atomic E-state index is 13.9. The molecular weight excluding hydrogens is 401 g/mol. The molecule has 1 aliphatic heterocycles. The number of rotatable bonds is 6. The highest BCUT2D eigenvalue weighted by Crippen LogP contribution is 2.36. The summed E-state index contributed by atoms with van der Waals surface area (Å²) in [5, 5.41) is 9.51. The van der Waals surface area contributed by atoms with Gasteiger partial charge in [0.1, 0.15) is 27.7 Å². The van der Waals surface area contributed by atoms with Gasteiger partial charge in [0.2, 0.25) is 0 Å². The van der Waals surface area contributed by atoms with Gasteiger partial charge in [-0.25, -0.2) is 9.18 Å². The number of carboxylic acid groups (broad SMARTS) is 1. The maximum atomic E-state index is 13.9. The normalized spacial score (nSPS) is 17.0. The summed E-state index contributed by atoms with van der Waals surface area (Å²) in [5.41, 5.74) is 0.317. The molecule has 0 aliphatic carbocycles. The second-order valence-electron chi connectivity index (χ2n) is 6.72. The van der Waals surface area contributed by atoms with Gasteiger partial charge in [0.05, 0.1) is 10.5 Å². The van der Waals surface area contributed by atoms with E-state index in [-0.39, 0.29) is 15.1 Å². The zero-order chi connectivity index (χ0) is 20.4. The Bertz CT molecular complexity index is 967. The Kier molecular flexibility index (Phi) is 6.00. The van der Waals surface area contributed by atoms with Gasteiger partial charge in [-0.15, -0.1) is 0 Å². The summed E-state index contributed by atoms with van der Waals surface area (Å²) < 4.78 is 19.8. The molecule has 1 fully saturated rings. The lowest BCUT2D eigenvalue weighted by atomic mass is 10.0. The minimum Gasteiger partial charge on any atom is -0.480 e. The number of hydrogen-bond donors (Lipinski definition) is 1. The zero-order valence-electron chi connectivity index (χ0n) is 15.2. The molecule has 1 amide bonds. The van der Waals surface area contributed by atoms with Crippen molar-refractivity contribution in [1.29, 1.82) is 0 Å². The smallest absolute Gasteiger partial charge is 0.326 e. The van der Waals surface area contributed by atoms with E-state index < -0.39 is 23.7 Å². The number of carbonyl (C=O) groups is 2. The first-order valence-electron chi connectivity index (χ1n) is 8.62. The van der Waals surface area contributed by atoms with E-state index in [9.17, 15) is 19.1 Å². The average molecular weight is 419 g/mol. The lowest BCUT2D eigenvalue weighted by Gasteiger charge is -2.24. The summed E-state index contributed by atoms with van der Waals surface area (Å²) in [4.78, 5) is 25.8. The van der Waals surface area contributed by atoms with Crippen molar-refractivity contribution in [2.24, 2.45) is 5.92 Å². The molecule has 2 aromatic rings. The molecular formula is C20H18FNO4S2. The van der Waals surface area contributed by atoms with Gasteiger partial charge in [-0.3, -0.25) is 9.69 Å². The minimum atomic E-state index is -1.09. The van der Waals surface area contributed by atoms with Crippen LogP contribution in [0.3, 0.4) is 0 Å². The van der Waals surface area contributed by atoms with E-state index in [1.54, 1.807) is 30.3 Å². The van der Waals surface area contributed by atoms with E-state index in [1.807, 2.05) is 13.8 Å². The third-order valence-corrected chi connectivity index (χ3v) is 5.48. The van der Waals surface area contributed by atoms with Crippen molar-refractivity contribution in [2.75, 3.05) is 0 Å². The van der Waals surface area contributed by atoms with Crippen molar-refractivity contribution in [1.82, 2.24) is 4.90 Å². The molecule has 1 aromatic carbocycles. The van der Waals surface area contributed by atoms with Crippen molar-refractivity contribution < 1.29 is 23.5 Å². The highest BCUT2D eigenvalue weighted by molar-refractivity contribution is 8.26. The van der Waals surface area contributed by atoms with Crippen LogP contribution >= 0.6 is 24.0 Å². The number of thioether (sulfide) groups is 1. The fourth-order valence-corrected chi connectivity index (χ4v) is 4.21. The molecule has 5 nitrogen and oxygen atoms in total. The van der Waals surface area contributed by atoms with Gasteiger partial charge in [0.15, 0.2) is 0 Å². The number of furan rings is 1. The van der Waals surface area contributed by atoms with Gasteiger partial charge in [-0.05, 0) is 36.6 Å². The molecule has 1 atom stereocenters. The van der Waals surface area contributed by atoms with Crippen LogP contribution in [0.1, 0.15) is 26.0 Å². The number of carbonyl (C=O) groups excluding carboxylic acids is 1. The first-order chi connectivity index (χ1) is 13.3. The number of hydrogen-bond acceptors (Lipinski definition) is 5. The second-order valence-corrected chi connectivity index (χ2v) is 8.39. The van der Waals surface area contributed by atoms with Crippen LogP contribution in [-0.4, -0.2) is 32.2 Å². The van der Waals surface area contributed by atoms with Crippen molar-refractivity contribution in [3.05, 3.63) is 52.9 Å². The lowest BCUT2D eigenvalue weighted by Crippen LogP contribution is -2.44. The van der Waals surface area contributed by atoms with Crippen LogP contribution in [0.4, 0.5) is 4.39 Å². The third-order valence-electron chi connectivity index (χ3n) is 4.15. The Hall–Kier alpha value is -2.45. The standard InChI is InChI=1S/C20H18FNO4S2/c1-11(2)9-15(19(24)25)22-18(23)17(28-20(22)27)10-12-7-8-16(26-12)13-5-3-4-6-14(13)21/h3-8,10-11,15H,9H2,1-2H3,(H,24,25)/b17-10-/t15-/m0/s1. The summed E-state index contributed by atoms with van der Waals surface area (Å²) >= 11 is 6.27. The Balaban J connectivity index is 1.86. The van der Waals surface area contributed by atoms with Crippen LogP contribution in [-0.2, 0) is 9.59 Å². The number of amides is 1. The fraction of sp³-hybridized carbons (Fsp3) is 0.250. The molecule has 1 aliphatic rings. The average Bonchev–Trinajstić information content (AvgIpc) is 3.18.